The number of benzene rings is 1. The number of carbonyl (C=O) groups is 2. The van der Waals surface area contributed by atoms with Crippen molar-refractivity contribution >= 4 is 40.7 Å². The summed E-state index contributed by atoms with van der Waals surface area (Å²) in [4.78, 5) is 30.6. The van der Waals surface area contributed by atoms with E-state index >= 15 is 0 Å². The van der Waals surface area contributed by atoms with Crippen LogP contribution in [0.25, 0.3) is 5.82 Å². The van der Waals surface area contributed by atoms with Gasteiger partial charge in [-0.3, -0.25) is 9.59 Å². The number of ether oxygens (including phenoxy) is 1. The van der Waals surface area contributed by atoms with Gasteiger partial charge < -0.3 is 15.4 Å². The second kappa shape index (κ2) is 10.9. The number of hydrogen-bond acceptors (Lipinski definition) is 5. The van der Waals surface area contributed by atoms with Gasteiger partial charge in [-0.25, -0.2) is 9.67 Å². The van der Waals surface area contributed by atoms with E-state index in [1.54, 1.807) is 31.3 Å². The maximum absolute atomic E-state index is 13.4. The van der Waals surface area contributed by atoms with Crippen LogP contribution in [0.2, 0.25) is 10.0 Å². The molecule has 0 saturated carbocycles. The first-order valence-electron chi connectivity index (χ1n) is 10.8. The first kappa shape index (κ1) is 25.5. The SMILES string of the molecule is Cc1cc(Cl)cc(C(=O)NCC(C)C)c1NC(=O)c1cc(OC(C)C)nn1-c1ncccc1Cl. The van der Waals surface area contributed by atoms with Crippen molar-refractivity contribution in [2.45, 2.75) is 40.7 Å². The molecule has 3 aromatic rings. The van der Waals surface area contributed by atoms with Gasteiger partial charge >= 0.3 is 0 Å². The fourth-order valence-corrected chi connectivity index (χ4v) is 3.65. The largest absolute Gasteiger partial charge is 0.474 e. The third kappa shape index (κ3) is 6.07. The van der Waals surface area contributed by atoms with Crippen molar-refractivity contribution in [2.75, 3.05) is 11.9 Å². The highest BCUT2D eigenvalue weighted by Crippen LogP contribution is 2.28. The quantitative estimate of drug-likeness (QED) is 0.434. The molecule has 0 bridgehead atoms. The Morgan fingerprint density at radius 2 is 1.85 bits per heavy atom. The zero-order valence-corrected chi connectivity index (χ0v) is 21.2. The lowest BCUT2D eigenvalue weighted by Gasteiger charge is -2.16. The van der Waals surface area contributed by atoms with E-state index in [-0.39, 0.29) is 40.9 Å². The molecule has 2 aromatic heterocycles. The summed E-state index contributed by atoms with van der Waals surface area (Å²) in [5, 5.41) is 10.8. The molecule has 34 heavy (non-hydrogen) atoms. The number of pyridine rings is 1. The van der Waals surface area contributed by atoms with Gasteiger partial charge in [0.15, 0.2) is 5.82 Å². The lowest BCUT2D eigenvalue weighted by molar-refractivity contribution is 0.0950. The number of rotatable bonds is 8. The first-order valence-corrected chi connectivity index (χ1v) is 11.6. The summed E-state index contributed by atoms with van der Waals surface area (Å²) in [6.45, 7) is 9.94. The number of hydrogen-bond donors (Lipinski definition) is 2. The van der Waals surface area contributed by atoms with Crippen molar-refractivity contribution in [1.82, 2.24) is 20.1 Å². The number of anilines is 1. The van der Waals surface area contributed by atoms with Gasteiger partial charge in [-0.05, 0) is 56.5 Å². The molecule has 0 aliphatic carbocycles. The molecule has 0 radical (unpaired) electrons. The smallest absolute Gasteiger partial charge is 0.274 e. The molecule has 8 nitrogen and oxygen atoms in total. The van der Waals surface area contributed by atoms with Gasteiger partial charge in [-0.15, -0.1) is 5.10 Å². The first-order chi connectivity index (χ1) is 16.1. The lowest BCUT2D eigenvalue weighted by Crippen LogP contribution is -2.29. The van der Waals surface area contributed by atoms with Crippen LogP contribution in [0.15, 0.2) is 36.5 Å². The Morgan fingerprint density at radius 1 is 1.12 bits per heavy atom. The highest BCUT2D eigenvalue weighted by atomic mass is 35.5. The van der Waals surface area contributed by atoms with Crippen LogP contribution in [0.3, 0.4) is 0 Å². The zero-order chi connectivity index (χ0) is 25.0. The van der Waals surface area contributed by atoms with Gasteiger partial charge in [0.25, 0.3) is 11.8 Å². The van der Waals surface area contributed by atoms with Crippen LogP contribution in [0, 0.1) is 12.8 Å². The molecular weight excluding hydrogens is 477 g/mol. The fourth-order valence-electron chi connectivity index (χ4n) is 3.17. The summed E-state index contributed by atoms with van der Waals surface area (Å²) >= 11 is 12.5. The minimum atomic E-state index is -0.517. The highest BCUT2D eigenvalue weighted by molar-refractivity contribution is 6.32. The van der Waals surface area contributed by atoms with E-state index in [2.05, 4.69) is 20.7 Å². The van der Waals surface area contributed by atoms with E-state index in [1.165, 1.54) is 16.8 Å². The van der Waals surface area contributed by atoms with Crippen molar-refractivity contribution in [1.29, 1.82) is 0 Å². The van der Waals surface area contributed by atoms with Gasteiger partial charge in [0.05, 0.1) is 22.4 Å². The van der Waals surface area contributed by atoms with Crippen LogP contribution < -0.4 is 15.4 Å². The van der Waals surface area contributed by atoms with Crippen molar-refractivity contribution in [2.24, 2.45) is 5.92 Å². The molecule has 0 atom stereocenters. The molecule has 3 rings (SSSR count). The summed E-state index contributed by atoms with van der Waals surface area (Å²) in [7, 11) is 0. The van der Waals surface area contributed by atoms with Crippen LogP contribution in [-0.2, 0) is 0 Å². The molecule has 0 fully saturated rings. The third-order valence-corrected chi connectivity index (χ3v) is 5.18. The minimum Gasteiger partial charge on any atom is -0.474 e. The van der Waals surface area contributed by atoms with E-state index in [0.29, 0.717) is 27.8 Å². The Morgan fingerprint density at radius 3 is 2.50 bits per heavy atom. The van der Waals surface area contributed by atoms with E-state index in [4.69, 9.17) is 27.9 Å². The number of nitrogens with one attached hydrogen (secondary N) is 2. The topological polar surface area (TPSA) is 98.1 Å². The maximum Gasteiger partial charge on any atom is 0.274 e. The molecule has 1 aromatic carbocycles. The molecule has 10 heteroatoms. The average Bonchev–Trinajstić information content (AvgIpc) is 3.16. The van der Waals surface area contributed by atoms with E-state index in [0.717, 1.165) is 0 Å². The van der Waals surface area contributed by atoms with Gasteiger partial charge in [-0.2, -0.15) is 0 Å². The lowest BCUT2D eigenvalue weighted by atomic mass is 10.1. The van der Waals surface area contributed by atoms with Gasteiger partial charge in [0, 0.05) is 23.8 Å². The minimum absolute atomic E-state index is 0.138. The Balaban J connectivity index is 2.02. The van der Waals surface area contributed by atoms with Crippen molar-refractivity contribution in [3.05, 3.63) is 63.4 Å². The zero-order valence-electron chi connectivity index (χ0n) is 19.6. The van der Waals surface area contributed by atoms with Gasteiger partial charge in [0.2, 0.25) is 5.88 Å². The van der Waals surface area contributed by atoms with Crippen molar-refractivity contribution < 1.29 is 14.3 Å². The van der Waals surface area contributed by atoms with Gasteiger partial charge in [0.1, 0.15) is 5.69 Å². The highest BCUT2D eigenvalue weighted by Gasteiger charge is 2.23. The maximum atomic E-state index is 13.4. The van der Waals surface area contributed by atoms with Crippen LogP contribution in [0.4, 0.5) is 5.69 Å². The standard InChI is InChI=1S/C24H27Cl2N5O3/c1-13(2)12-28-23(32)17-10-16(25)9-15(5)21(17)29-24(33)19-11-20(34-14(3)4)30-31(19)22-18(26)7-6-8-27-22/h6-11,13-14H,12H2,1-5H3,(H,28,32)(H,29,33). The Bertz CT molecular complexity index is 1210. The molecule has 0 saturated heterocycles. The predicted octanol–water partition coefficient (Wildman–Crippen LogP) is 5.31. The number of carbonyl (C=O) groups excluding carboxylic acids is 2. The van der Waals surface area contributed by atoms with E-state index in [9.17, 15) is 9.59 Å². The van der Waals surface area contributed by atoms with Crippen LogP contribution in [0.1, 0.15) is 54.1 Å². The molecule has 0 unspecified atom stereocenters. The molecule has 0 spiro atoms. The number of aryl methyl sites for hydroxylation is 1. The third-order valence-electron chi connectivity index (χ3n) is 4.67. The predicted molar refractivity (Wildman–Crippen MR) is 133 cm³/mol. The van der Waals surface area contributed by atoms with Crippen molar-refractivity contribution in [3.8, 4) is 11.7 Å². The number of amides is 2. The van der Waals surface area contributed by atoms with Gasteiger partial charge in [-0.1, -0.05) is 37.0 Å². The second-order valence-corrected chi connectivity index (χ2v) is 9.30. The second-order valence-electron chi connectivity index (χ2n) is 8.46. The van der Waals surface area contributed by atoms with Crippen molar-refractivity contribution in [3.63, 3.8) is 0 Å². The number of nitrogens with zero attached hydrogens (tertiary/aromatic N) is 3. The van der Waals surface area contributed by atoms with Crippen LogP contribution in [-0.4, -0.2) is 39.2 Å². The fraction of sp³-hybridized carbons (Fsp3) is 0.333. The number of aromatic nitrogens is 3. The molecule has 2 heterocycles. The molecular formula is C24H27Cl2N5O3. The summed E-state index contributed by atoms with van der Waals surface area (Å²) in [5.74, 6) is -0.0739. The molecule has 2 amide bonds. The van der Waals surface area contributed by atoms with E-state index < -0.39 is 5.91 Å². The Hall–Kier alpha value is -3.10. The Labute approximate surface area is 208 Å². The number of halogens is 2. The monoisotopic (exact) mass is 503 g/mol. The average molecular weight is 504 g/mol. The summed E-state index contributed by atoms with van der Waals surface area (Å²) < 4.78 is 7.01. The molecule has 0 aliphatic heterocycles. The summed E-state index contributed by atoms with van der Waals surface area (Å²) in [6, 6.07) is 8.04. The van der Waals surface area contributed by atoms with E-state index in [1.807, 2.05) is 27.7 Å². The molecule has 180 valence electrons. The van der Waals surface area contributed by atoms with Crippen LogP contribution in [0.5, 0.6) is 5.88 Å². The summed E-state index contributed by atoms with van der Waals surface area (Å²) in [6.07, 6.45) is 1.39. The summed E-state index contributed by atoms with van der Waals surface area (Å²) in [5.41, 5.74) is 1.39. The Kier molecular flexibility index (Phi) is 8.17. The van der Waals surface area contributed by atoms with Crippen LogP contribution >= 0.6 is 23.2 Å². The molecule has 0 aliphatic rings. The normalized spacial score (nSPS) is 11.1. The molecule has 2 N–H and O–H groups in total.